The maximum Gasteiger partial charge on any atom is 0.285 e. The Hall–Kier alpha value is -2.14. The van der Waals surface area contributed by atoms with Crippen LogP contribution in [-0.4, -0.2) is 20.8 Å². The molecule has 0 atom stereocenters. The Morgan fingerprint density at radius 3 is 2.38 bits per heavy atom. The number of fused-ring (bicyclic) bond motifs is 1. The van der Waals surface area contributed by atoms with Crippen LogP contribution in [0.15, 0.2) is 63.9 Å². The maximum atomic E-state index is 12.2. The molecule has 0 N–H and O–H groups in total. The molecule has 5 heteroatoms. The van der Waals surface area contributed by atoms with Gasteiger partial charge in [-0.2, -0.15) is 8.42 Å². The van der Waals surface area contributed by atoms with Crippen LogP contribution in [0.1, 0.15) is 18.9 Å². The molecule has 0 radical (unpaired) electrons. The molecule has 0 spiro atoms. The van der Waals surface area contributed by atoms with E-state index in [1.165, 1.54) is 0 Å². The predicted molar refractivity (Wildman–Crippen MR) is 84.2 cm³/mol. The molecule has 0 aliphatic carbocycles. The minimum Gasteiger partial charge on any atom is -0.325 e. The fraction of sp³-hybridized carbons (Fsp3) is 0.188. The van der Waals surface area contributed by atoms with Crippen molar-refractivity contribution in [2.45, 2.75) is 18.2 Å². The fourth-order valence-electron chi connectivity index (χ4n) is 2.47. The molecule has 0 unspecified atom stereocenters. The summed E-state index contributed by atoms with van der Waals surface area (Å²) in [4.78, 5) is 2.25. The van der Waals surface area contributed by atoms with Gasteiger partial charge in [-0.25, -0.2) is 0 Å². The molecule has 21 heavy (non-hydrogen) atoms. The van der Waals surface area contributed by atoms with Gasteiger partial charge < -0.3 is 4.90 Å². The smallest absolute Gasteiger partial charge is 0.285 e. The zero-order chi connectivity index (χ0) is 14.9. The highest BCUT2D eigenvalue weighted by molar-refractivity contribution is 7.90. The first-order chi connectivity index (χ1) is 10.1. The molecular formula is C16H16N2O2S. The lowest BCUT2D eigenvalue weighted by atomic mass is 10.1. The summed E-state index contributed by atoms with van der Waals surface area (Å²) in [5, 5.41) is 0. The molecule has 0 fully saturated rings. The van der Waals surface area contributed by atoms with Gasteiger partial charge in [-0.3, -0.25) is 0 Å². The Kier molecular flexibility index (Phi) is 3.51. The zero-order valence-electron chi connectivity index (χ0n) is 11.7. The Bertz CT molecular complexity index is 783. The van der Waals surface area contributed by atoms with Gasteiger partial charge in [-0.15, -0.1) is 4.40 Å². The van der Waals surface area contributed by atoms with Crippen molar-refractivity contribution in [1.29, 1.82) is 0 Å². The maximum absolute atomic E-state index is 12.2. The zero-order valence-corrected chi connectivity index (χ0v) is 12.5. The molecule has 0 saturated heterocycles. The van der Waals surface area contributed by atoms with Crippen LogP contribution < -0.4 is 4.90 Å². The minimum atomic E-state index is -3.58. The number of sulfonamides is 1. The molecule has 2 aromatic rings. The molecular weight excluding hydrogens is 284 g/mol. The second-order valence-electron chi connectivity index (χ2n) is 4.87. The van der Waals surface area contributed by atoms with Crippen molar-refractivity contribution in [3.05, 3.63) is 60.2 Å². The van der Waals surface area contributed by atoms with E-state index in [1.54, 1.807) is 12.1 Å². The number of benzene rings is 2. The van der Waals surface area contributed by atoms with Crippen LogP contribution in [-0.2, 0) is 10.0 Å². The van der Waals surface area contributed by atoms with E-state index >= 15 is 0 Å². The molecule has 0 bridgehead atoms. The lowest BCUT2D eigenvalue weighted by molar-refractivity contribution is 0.599. The first-order valence-electron chi connectivity index (χ1n) is 6.90. The van der Waals surface area contributed by atoms with Crippen molar-refractivity contribution in [2.24, 2.45) is 4.40 Å². The molecule has 1 aliphatic rings. The summed E-state index contributed by atoms with van der Waals surface area (Å²) in [6.07, 6.45) is 0.899. The van der Waals surface area contributed by atoms with Gasteiger partial charge >= 0.3 is 0 Å². The van der Waals surface area contributed by atoms with Crippen LogP contribution in [0.2, 0.25) is 0 Å². The fourth-order valence-corrected chi connectivity index (χ4v) is 3.68. The van der Waals surface area contributed by atoms with E-state index in [2.05, 4.69) is 11.3 Å². The van der Waals surface area contributed by atoms with Crippen molar-refractivity contribution >= 4 is 21.5 Å². The van der Waals surface area contributed by atoms with Crippen molar-refractivity contribution < 1.29 is 8.42 Å². The number of rotatable bonds is 3. The standard InChI is InChI=1S/C16H16N2O2S/c1-2-12-18(13-8-4-3-5-9-13)16-14-10-6-7-11-15(14)21(19,20)17-16/h3-11H,2,12H2,1H3. The van der Waals surface area contributed by atoms with Crippen LogP contribution in [0.4, 0.5) is 5.69 Å². The lowest BCUT2D eigenvalue weighted by Crippen LogP contribution is -2.31. The molecule has 108 valence electrons. The molecule has 0 aromatic heterocycles. The highest BCUT2D eigenvalue weighted by Gasteiger charge is 2.31. The minimum absolute atomic E-state index is 0.289. The van der Waals surface area contributed by atoms with Crippen molar-refractivity contribution in [2.75, 3.05) is 11.4 Å². The quantitative estimate of drug-likeness (QED) is 0.875. The van der Waals surface area contributed by atoms with Crippen molar-refractivity contribution in [3.63, 3.8) is 0 Å². The topological polar surface area (TPSA) is 49.7 Å². The number of para-hydroxylation sites is 1. The number of anilines is 1. The predicted octanol–water partition coefficient (Wildman–Crippen LogP) is 3.05. The van der Waals surface area contributed by atoms with Crippen LogP contribution in [0.5, 0.6) is 0 Å². The van der Waals surface area contributed by atoms with Gasteiger partial charge in [0.1, 0.15) is 4.90 Å². The number of hydrogen-bond donors (Lipinski definition) is 0. The molecule has 3 rings (SSSR count). The van der Waals surface area contributed by atoms with Gasteiger partial charge in [0.05, 0.1) is 0 Å². The normalized spacial score (nSPS) is 15.4. The third kappa shape index (κ3) is 2.45. The largest absolute Gasteiger partial charge is 0.325 e. The second kappa shape index (κ2) is 5.33. The molecule has 1 aliphatic heterocycles. The highest BCUT2D eigenvalue weighted by atomic mass is 32.2. The molecule has 4 nitrogen and oxygen atoms in total. The lowest BCUT2D eigenvalue weighted by Gasteiger charge is -2.24. The van der Waals surface area contributed by atoms with E-state index in [-0.39, 0.29) is 4.90 Å². The number of amidine groups is 1. The Morgan fingerprint density at radius 2 is 1.67 bits per heavy atom. The van der Waals surface area contributed by atoms with E-state index in [0.717, 1.165) is 12.1 Å². The monoisotopic (exact) mass is 300 g/mol. The SMILES string of the molecule is CCCN(C1=NS(=O)(=O)c2ccccc21)c1ccccc1. The van der Waals surface area contributed by atoms with E-state index < -0.39 is 10.0 Å². The van der Waals surface area contributed by atoms with Gasteiger partial charge in [0.15, 0.2) is 5.84 Å². The van der Waals surface area contributed by atoms with Gasteiger partial charge in [-0.1, -0.05) is 37.3 Å². The summed E-state index contributed by atoms with van der Waals surface area (Å²) >= 11 is 0. The van der Waals surface area contributed by atoms with E-state index in [4.69, 9.17) is 0 Å². The summed E-state index contributed by atoms with van der Waals surface area (Å²) < 4.78 is 28.4. The molecule has 2 aromatic carbocycles. The third-order valence-electron chi connectivity index (χ3n) is 3.38. The Labute approximate surface area is 124 Å². The molecule has 0 saturated carbocycles. The molecule has 1 heterocycles. The second-order valence-corrected chi connectivity index (χ2v) is 6.45. The van der Waals surface area contributed by atoms with Crippen molar-refractivity contribution in [3.8, 4) is 0 Å². The van der Waals surface area contributed by atoms with Gasteiger partial charge in [0.2, 0.25) is 0 Å². The number of nitrogens with zero attached hydrogens (tertiary/aromatic N) is 2. The summed E-state index contributed by atoms with van der Waals surface area (Å²) in [5.74, 6) is 0.513. The summed E-state index contributed by atoms with van der Waals surface area (Å²) in [7, 11) is -3.58. The van der Waals surface area contributed by atoms with E-state index in [1.807, 2.05) is 47.4 Å². The van der Waals surface area contributed by atoms with Gasteiger partial charge in [0.25, 0.3) is 10.0 Å². The molecule has 0 amide bonds. The highest BCUT2D eigenvalue weighted by Crippen LogP contribution is 2.29. The van der Waals surface area contributed by atoms with E-state index in [9.17, 15) is 8.42 Å². The van der Waals surface area contributed by atoms with E-state index in [0.29, 0.717) is 17.9 Å². The average molecular weight is 300 g/mol. The van der Waals surface area contributed by atoms with Crippen LogP contribution in [0.3, 0.4) is 0 Å². The Balaban J connectivity index is 2.14. The third-order valence-corrected chi connectivity index (χ3v) is 4.71. The van der Waals surface area contributed by atoms with Gasteiger partial charge in [0, 0.05) is 17.8 Å². The summed E-state index contributed by atoms with van der Waals surface area (Å²) in [6.45, 7) is 2.78. The van der Waals surface area contributed by atoms with Crippen LogP contribution in [0.25, 0.3) is 0 Å². The average Bonchev–Trinajstić information content (AvgIpc) is 2.78. The van der Waals surface area contributed by atoms with Crippen LogP contribution >= 0.6 is 0 Å². The Morgan fingerprint density at radius 1 is 1.00 bits per heavy atom. The number of hydrogen-bond acceptors (Lipinski definition) is 3. The summed E-state index contributed by atoms with van der Waals surface area (Å²) in [6, 6.07) is 16.7. The van der Waals surface area contributed by atoms with Crippen molar-refractivity contribution in [1.82, 2.24) is 0 Å². The summed E-state index contributed by atoms with van der Waals surface area (Å²) in [5.41, 5.74) is 1.62. The first kappa shape index (κ1) is 13.8. The first-order valence-corrected chi connectivity index (χ1v) is 8.34. The van der Waals surface area contributed by atoms with Crippen LogP contribution in [0, 0.1) is 0 Å². The van der Waals surface area contributed by atoms with Gasteiger partial charge in [-0.05, 0) is 30.7 Å².